The van der Waals surface area contributed by atoms with E-state index < -0.39 is 0 Å². The summed E-state index contributed by atoms with van der Waals surface area (Å²) in [4.78, 5) is 13.0. The van der Waals surface area contributed by atoms with Crippen molar-refractivity contribution in [1.29, 1.82) is 0 Å². The van der Waals surface area contributed by atoms with Crippen molar-refractivity contribution in [2.45, 2.75) is 59.3 Å². The highest BCUT2D eigenvalue weighted by molar-refractivity contribution is 5.97. The molecule has 1 aromatic heterocycles. The monoisotopic (exact) mass is 339 g/mol. The maximum atomic E-state index is 13.0. The Labute approximate surface area is 150 Å². The number of amides is 1. The van der Waals surface area contributed by atoms with E-state index in [9.17, 15) is 4.79 Å². The number of nitrogens with one attached hydrogen (secondary N) is 1. The molecule has 3 rings (SSSR count). The molecule has 1 aliphatic carbocycles. The summed E-state index contributed by atoms with van der Waals surface area (Å²) >= 11 is 0. The third-order valence-electron chi connectivity index (χ3n) is 4.64. The number of rotatable bonds is 6. The van der Waals surface area contributed by atoms with Gasteiger partial charge in [-0.2, -0.15) is 5.10 Å². The fourth-order valence-corrected chi connectivity index (χ4v) is 3.13. The van der Waals surface area contributed by atoms with Crippen molar-refractivity contribution in [2.75, 3.05) is 6.54 Å². The van der Waals surface area contributed by atoms with Crippen LogP contribution >= 0.6 is 0 Å². The number of nitrogens with zero attached hydrogens (tertiary/aromatic N) is 2. The molecule has 0 radical (unpaired) electrons. The molecule has 25 heavy (non-hydrogen) atoms. The van der Waals surface area contributed by atoms with Crippen LogP contribution in [0.15, 0.2) is 24.3 Å². The second-order valence-corrected chi connectivity index (χ2v) is 7.93. The summed E-state index contributed by atoms with van der Waals surface area (Å²) in [7, 11) is 0. The predicted octanol–water partition coefficient (Wildman–Crippen LogP) is 4.57. The van der Waals surface area contributed by atoms with Crippen molar-refractivity contribution < 1.29 is 4.79 Å². The van der Waals surface area contributed by atoms with Crippen LogP contribution in [-0.4, -0.2) is 22.2 Å². The first-order valence-corrected chi connectivity index (χ1v) is 9.36. The van der Waals surface area contributed by atoms with Crippen LogP contribution in [0.2, 0.25) is 0 Å². The molecule has 1 fully saturated rings. The Morgan fingerprint density at radius 3 is 2.36 bits per heavy atom. The molecule has 4 heteroatoms. The van der Waals surface area contributed by atoms with Crippen molar-refractivity contribution in [3.05, 3.63) is 46.8 Å². The molecule has 2 aromatic rings. The smallest absolute Gasteiger partial charge is 0.255 e. The fraction of sp³-hybridized carbons (Fsp3) is 0.524. The van der Waals surface area contributed by atoms with Gasteiger partial charge in [-0.15, -0.1) is 0 Å². The molecule has 0 aliphatic heterocycles. The van der Waals surface area contributed by atoms with Crippen molar-refractivity contribution in [3.8, 4) is 5.69 Å². The molecular weight excluding hydrogens is 310 g/mol. The van der Waals surface area contributed by atoms with Gasteiger partial charge in [0, 0.05) is 12.5 Å². The van der Waals surface area contributed by atoms with Gasteiger partial charge in [-0.3, -0.25) is 4.79 Å². The Kier molecular flexibility index (Phi) is 4.98. The average Bonchev–Trinajstić information content (AvgIpc) is 3.32. The molecule has 0 unspecified atom stereocenters. The lowest BCUT2D eigenvalue weighted by Crippen LogP contribution is -2.29. The van der Waals surface area contributed by atoms with Crippen LogP contribution in [-0.2, 0) is 0 Å². The van der Waals surface area contributed by atoms with Gasteiger partial charge in [0.2, 0.25) is 0 Å². The van der Waals surface area contributed by atoms with E-state index in [1.54, 1.807) is 0 Å². The molecule has 1 saturated carbocycles. The van der Waals surface area contributed by atoms with Gasteiger partial charge in [0.15, 0.2) is 0 Å². The Bertz CT molecular complexity index is 752. The van der Waals surface area contributed by atoms with Gasteiger partial charge < -0.3 is 5.32 Å². The van der Waals surface area contributed by atoms with E-state index in [2.05, 4.69) is 64.2 Å². The van der Waals surface area contributed by atoms with Gasteiger partial charge in [0.25, 0.3) is 5.91 Å². The third-order valence-corrected chi connectivity index (χ3v) is 4.64. The second-order valence-electron chi connectivity index (χ2n) is 7.93. The van der Waals surface area contributed by atoms with E-state index in [4.69, 9.17) is 5.10 Å². The lowest BCUT2D eigenvalue weighted by molar-refractivity contribution is 0.0946. The molecule has 134 valence electrons. The van der Waals surface area contributed by atoms with Gasteiger partial charge in [-0.05, 0) is 43.7 Å². The molecule has 0 bridgehead atoms. The maximum absolute atomic E-state index is 13.0. The molecule has 4 nitrogen and oxygen atoms in total. The van der Waals surface area contributed by atoms with E-state index in [1.807, 2.05) is 4.68 Å². The summed E-state index contributed by atoms with van der Waals surface area (Å²) < 4.78 is 1.99. The highest BCUT2D eigenvalue weighted by Crippen LogP contribution is 2.43. The molecule has 1 N–H and O–H groups in total. The van der Waals surface area contributed by atoms with Crippen molar-refractivity contribution >= 4 is 5.91 Å². The number of carbonyl (C=O) groups is 1. The molecular formula is C21H29N3O. The SMILES string of the molecule is Cc1ccc(-n2nc(C3CC3)c(C(=O)NCC(C)C)c2C(C)C)cc1. The summed E-state index contributed by atoms with van der Waals surface area (Å²) in [5.74, 6) is 1.12. The van der Waals surface area contributed by atoms with Crippen LogP contribution in [0.4, 0.5) is 0 Å². The summed E-state index contributed by atoms with van der Waals surface area (Å²) in [6.07, 6.45) is 2.26. The standard InChI is InChI=1S/C21H29N3O/c1-13(2)12-22-21(25)18-19(16-8-9-16)23-24(20(18)14(3)4)17-10-6-15(5)7-11-17/h6-7,10-11,13-14,16H,8-9,12H2,1-5H3,(H,22,25). The second kappa shape index (κ2) is 7.03. The Hall–Kier alpha value is -2.10. The van der Waals surface area contributed by atoms with Gasteiger partial charge in [-0.1, -0.05) is 45.4 Å². The number of carbonyl (C=O) groups excluding carboxylic acids is 1. The minimum absolute atomic E-state index is 0.0256. The van der Waals surface area contributed by atoms with Gasteiger partial charge in [0.05, 0.1) is 22.6 Å². The zero-order valence-corrected chi connectivity index (χ0v) is 16.0. The lowest BCUT2D eigenvalue weighted by Gasteiger charge is -2.14. The third kappa shape index (κ3) is 3.78. The fourth-order valence-electron chi connectivity index (χ4n) is 3.13. The van der Waals surface area contributed by atoms with Gasteiger partial charge in [-0.25, -0.2) is 4.68 Å². The summed E-state index contributed by atoms with van der Waals surface area (Å²) in [5.41, 5.74) is 5.05. The first-order valence-electron chi connectivity index (χ1n) is 9.36. The Balaban J connectivity index is 2.08. The van der Waals surface area contributed by atoms with E-state index in [-0.39, 0.29) is 11.8 Å². The molecule has 0 atom stereocenters. The van der Waals surface area contributed by atoms with Gasteiger partial charge in [0.1, 0.15) is 0 Å². The van der Waals surface area contributed by atoms with Crippen LogP contribution in [0, 0.1) is 12.8 Å². The van der Waals surface area contributed by atoms with Gasteiger partial charge >= 0.3 is 0 Å². The van der Waals surface area contributed by atoms with E-state index in [0.717, 1.165) is 35.5 Å². The number of aromatic nitrogens is 2. The van der Waals surface area contributed by atoms with E-state index >= 15 is 0 Å². The normalized spacial score (nSPS) is 14.4. The van der Waals surface area contributed by atoms with Crippen LogP contribution in [0.25, 0.3) is 5.69 Å². The topological polar surface area (TPSA) is 46.9 Å². The molecule has 1 heterocycles. The van der Waals surface area contributed by atoms with Crippen LogP contribution in [0.1, 0.15) is 79.7 Å². The number of benzene rings is 1. The Morgan fingerprint density at radius 1 is 1.20 bits per heavy atom. The zero-order chi connectivity index (χ0) is 18.1. The van der Waals surface area contributed by atoms with E-state index in [1.165, 1.54) is 5.56 Å². The minimum atomic E-state index is 0.0256. The maximum Gasteiger partial charge on any atom is 0.255 e. The summed E-state index contributed by atoms with van der Waals surface area (Å²) in [6, 6.07) is 8.36. The molecule has 1 aliphatic rings. The van der Waals surface area contributed by atoms with Crippen LogP contribution < -0.4 is 5.32 Å². The summed E-state index contributed by atoms with van der Waals surface area (Å²) in [5, 5.41) is 8.00. The lowest BCUT2D eigenvalue weighted by atomic mass is 10.0. The average molecular weight is 339 g/mol. The summed E-state index contributed by atoms with van der Waals surface area (Å²) in [6.45, 7) is 11.3. The zero-order valence-electron chi connectivity index (χ0n) is 16.0. The quantitative estimate of drug-likeness (QED) is 0.838. The van der Waals surface area contributed by atoms with Crippen LogP contribution in [0.3, 0.4) is 0 Å². The minimum Gasteiger partial charge on any atom is -0.352 e. The van der Waals surface area contributed by atoms with Crippen LogP contribution in [0.5, 0.6) is 0 Å². The number of hydrogen-bond acceptors (Lipinski definition) is 2. The highest BCUT2D eigenvalue weighted by atomic mass is 16.1. The Morgan fingerprint density at radius 2 is 1.84 bits per heavy atom. The number of hydrogen-bond donors (Lipinski definition) is 1. The van der Waals surface area contributed by atoms with E-state index in [0.29, 0.717) is 18.4 Å². The van der Waals surface area contributed by atoms with Crippen molar-refractivity contribution in [3.63, 3.8) is 0 Å². The molecule has 0 saturated heterocycles. The first-order chi connectivity index (χ1) is 11.9. The highest BCUT2D eigenvalue weighted by Gasteiger charge is 2.35. The van der Waals surface area contributed by atoms with Crippen molar-refractivity contribution in [2.24, 2.45) is 5.92 Å². The first kappa shape index (κ1) is 17.7. The largest absolute Gasteiger partial charge is 0.352 e. The molecule has 1 aromatic carbocycles. The number of aryl methyl sites for hydroxylation is 1. The van der Waals surface area contributed by atoms with Crippen molar-refractivity contribution in [1.82, 2.24) is 15.1 Å². The predicted molar refractivity (Wildman–Crippen MR) is 102 cm³/mol. The molecule has 1 amide bonds. The molecule has 0 spiro atoms.